The highest BCUT2D eigenvalue weighted by Crippen LogP contribution is 2.30. The summed E-state index contributed by atoms with van der Waals surface area (Å²) in [5.74, 6) is 0.144. The highest BCUT2D eigenvalue weighted by atomic mass is 32.2. The fraction of sp³-hybridized carbons (Fsp3) is 0.611. The van der Waals surface area contributed by atoms with E-state index in [1.54, 1.807) is 4.90 Å². The van der Waals surface area contributed by atoms with Gasteiger partial charge in [0.1, 0.15) is 10.6 Å². The minimum absolute atomic E-state index is 0.0698. The molecule has 27 heavy (non-hydrogen) atoms. The van der Waals surface area contributed by atoms with Gasteiger partial charge in [-0.15, -0.1) is 0 Å². The SMILES string of the molecule is O=C(CC1CCCC1)N1CCN(S(=O)(=O)c2ccccc2OC(F)F)CC1. The summed E-state index contributed by atoms with van der Waals surface area (Å²) in [7, 11) is -3.97. The van der Waals surface area contributed by atoms with E-state index in [2.05, 4.69) is 4.74 Å². The zero-order chi connectivity index (χ0) is 19.4. The number of nitrogens with zero attached hydrogens (tertiary/aromatic N) is 2. The summed E-state index contributed by atoms with van der Waals surface area (Å²) in [6.07, 6.45) is 5.04. The van der Waals surface area contributed by atoms with Crippen molar-refractivity contribution in [2.75, 3.05) is 26.2 Å². The van der Waals surface area contributed by atoms with Gasteiger partial charge in [-0.3, -0.25) is 4.79 Å². The molecular formula is C18H24F2N2O4S. The zero-order valence-electron chi connectivity index (χ0n) is 15.0. The Bertz CT molecular complexity index is 758. The van der Waals surface area contributed by atoms with Gasteiger partial charge in [-0.2, -0.15) is 13.1 Å². The van der Waals surface area contributed by atoms with Crippen LogP contribution in [0.3, 0.4) is 0 Å². The van der Waals surface area contributed by atoms with E-state index in [0.717, 1.165) is 12.8 Å². The third-order valence-corrected chi connectivity index (χ3v) is 7.15. The summed E-state index contributed by atoms with van der Waals surface area (Å²) in [6, 6.07) is 5.37. The van der Waals surface area contributed by atoms with Crippen molar-refractivity contribution in [1.29, 1.82) is 0 Å². The average Bonchev–Trinajstić information content (AvgIpc) is 3.14. The number of amides is 1. The molecule has 1 heterocycles. The Labute approximate surface area is 158 Å². The number of sulfonamides is 1. The Morgan fingerprint density at radius 3 is 2.37 bits per heavy atom. The molecule has 1 amide bonds. The second kappa shape index (κ2) is 8.52. The molecule has 1 saturated heterocycles. The first kappa shape index (κ1) is 20.0. The van der Waals surface area contributed by atoms with E-state index >= 15 is 0 Å². The minimum atomic E-state index is -3.97. The Balaban J connectivity index is 1.64. The van der Waals surface area contributed by atoms with E-state index in [0.29, 0.717) is 25.4 Å². The normalized spacial score (nSPS) is 19.6. The van der Waals surface area contributed by atoms with Crippen LogP contribution >= 0.6 is 0 Å². The Hall–Kier alpha value is -1.74. The highest BCUT2D eigenvalue weighted by molar-refractivity contribution is 7.89. The smallest absolute Gasteiger partial charge is 0.387 e. The molecule has 9 heteroatoms. The number of para-hydroxylation sites is 1. The lowest BCUT2D eigenvalue weighted by molar-refractivity contribution is -0.133. The number of halogens is 2. The summed E-state index contributed by atoms with van der Waals surface area (Å²) < 4.78 is 56.4. The number of ether oxygens (including phenoxy) is 1. The third kappa shape index (κ3) is 4.76. The van der Waals surface area contributed by atoms with E-state index < -0.39 is 16.6 Å². The van der Waals surface area contributed by atoms with Crippen LogP contribution in [0.15, 0.2) is 29.2 Å². The van der Waals surface area contributed by atoms with Gasteiger partial charge in [0.25, 0.3) is 0 Å². The summed E-state index contributed by atoms with van der Waals surface area (Å²) in [4.78, 5) is 13.8. The molecule has 1 aliphatic carbocycles. The summed E-state index contributed by atoms with van der Waals surface area (Å²) in [6.45, 7) is -2.21. The van der Waals surface area contributed by atoms with Gasteiger partial charge >= 0.3 is 6.61 Å². The fourth-order valence-corrected chi connectivity index (χ4v) is 5.31. The second-order valence-corrected chi connectivity index (χ2v) is 8.87. The van der Waals surface area contributed by atoms with Crippen molar-refractivity contribution in [3.63, 3.8) is 0 Å². The molecule has 150 valence electrons. The van der Waals surface area contributed by atoms with Crippen LogP contribution in [0.1, 0.15) is 32.1 Å². The largest absolute Gasteiger partial charge is 0.433 e. The van der Waals surface area contributed by atoms with Gasteiger partial charge in [-0.25, -0.2) is 8.42 Å². The van der Waals surface area contributed by atoms with Crippen LogP contribution < -0.4 is 4.74 Å². The van der Waals surface area contributed by atoms with Crippen molar-refractivity contribution in [3.05, 3.63) is 24.3 Å². The van der Waals surface area contributed by atoms with Crippen LogP contribution in [0.5, 0.6) is 5.75 Å². The van der Waals surface area contributed by atoms with Crippen LogP contribution in [0.4, 0.5) is 8.78 Å². The molecule has 0 spiro atoms. The van der Waals surface area contributed by atoms with E-state index in [9.17, 15) is 22.0 Å². The molecule has 1 aliphatic heterocycles. The van der Waals surface area contributed by atoms with E-state index in [1.165, 1.54) is 41.4 Å². The van der Waals surface area contributed by atoms with Crippen LogP contribution in [0, 0.1) is 5.92 Å². The molecule has 2 fully saturated rings. The van der Waals surface area contributed by atoms with Gasteiger partial charge in [-0.1, -0.05) is 25.0 Å². The van der Waals surface area contributed by atoms with E-state index in [4.69, 9.17) is 0 Å². The van der Waals surface area contributed by atoms with Gasteiger partial charge in [0.15, 0.2) is 0 Å². The molecule has 1 aromatic carbocycles. The standard InChI is InChI=1S/C18H24F2N2O4S/c19-18(20)26-15-7-3-4-8-16(15)27(24,25)22-11-9-21(10-12-22)17(23)13-14-5-1-2-6-14/h3-4,7-8,14,18H,1-2,5-6,9-13H2. The number of carbonyl (C=O) groups is 1. The Morgan fingerprint density at radius 2 is 1.74 bits per heavy atom. The summed E-state index contributed by atoms with van der Waals surface area (Å²) in [5, 5.41) is 0. The number of rotatable bonds is 6. The molecular weight excluding hydrogens is 378 g/mol. The molecule has 0 radical (unpaired) electrons. The van der Waals surface area contributed by atoms with Crippen molar-refractivity contribution < 1.29 is 26.7 Å². The van der Waals surface area contributed by atoms with E-state index in [-0.39, 0.29) is 29.6 Å². The molecule has 6 nitrogen and oxygen atoms in total. The summed E-state index contributed by atoms with van der Waals surface area (Å²) in [5.41, 5.74) is 0. The molecule has 1 saturated carbocycles. The van der Waals surface area contributed by atoms with Crippen LogP contribution in [-0.4, -0.2) is 56.3 Å². The zero-order valence-corrected chi connectivity index (χ0v) is 15.8. The molecule has 0 N–H and O–H groups in total. The van der Waals surface area contributed by atoms with Crippen LogP contribution in [0.2, 0.25) is 0 Å². The van der Waals surface area contributed by atoms with Crippen LogP contribution in [-0.2, 0) is 14.8 Å². The molecule has 0 unspecified atom stereocenters. The topological polar surface area (TPSA) is 66.9 Å². The molecule has 0 bridgehead atoms. The first-order valence-corrected chi connectivity index (χ1v) is 10.6. The maximum absolute atomic E-state index is 12.8. The average molecular weight is 402 g/mol. The maximum Gasteiger partial charge on any atom is 0.387 e. The quantitative estimate of drug-likeness (QED) is 0.734. The maximum atomic E-state index is 12.8. The summed E-state index contributed by atoms with van der Waals surface area (Å²) >= 11 is 0. The van der Waals surface area contributed by atoms with Gasteiger partial charge < -0.3 is 9.64 Å². The second-order valence-electron chi connectivity index (χ2n) is 6.96. The van der Waals surface area contributed by atoms with Crippen molar-refractivity contribution in [3.8, 4) is 5.75 Å². The van der Waals surface area contributed by atoms with Crippen molar-refractivity contribution >= 4 is 15.9 Å². The first-order valence-electron chi connectivity index (χ1n) is 9.19. The van der Waals surface area contributed by atoms with Gasteiger partial charge in [-0.05, 0) is 30.9 Å². The third-order valence-electron chi connectivity index (χ3n) is 5.21. The van der Waals surface area contributed by atoms with Crippen molar-refractivity contribution in [2.24, 2.45) is 5.92 Å². The van der Waals surface area contributed by atoms with Gasteiger partial charge in [0, 0.05) is 32.6 Å². The van der Waals surface area contributed by atoms with Gasteiger partial charge in [0.05, 0.1) is 0 Å². The van der Waals surface area contributed by atoms with Crippen molar-refractivity contribution in [1.82, 2.24) is 9.21 Å². The number of hydrogen-bond acceptors (Lipinski definition) is 4. The molecule has 0 atom stereocenters. The Morgan fingerprint density at radius 1 is 1.11 bits per heavy atom. The first-order chi connectivity index (χ1) is 12.9. The van der Waals surface area contributed by atoms with E-state index in [1.807, 2.05) is 0 Å². The predicted octanol–water partition coefficient (Wildman–Crippen LogP) is 2.70. The molecule has 0 aromatic heterocycles. The molecule has 3 rings (SSSR count). The predicted molar refractivity (Wildman–Crippen MR) is 95.0 cm³/mol. The molecule has 2 aliphatic rings. The Kier molecular flexibility index (Phi) is 6.31. The lowest BCUT2D eigenvalue weighted by Gasteiger charge is -2.34. The van der Waals surface area contributed by atoms with Crippen LogP contribution in [0.25, 0.3) is 0 Å². The number of benzene rings is 1. The van der Waals surface area contributed by atoms with Gasteiger partial charge in [0.2, 0.25) is 15.9 Å². The lowest BCUT2D eigenvalue weighted by Crippen LogP contribution is -2.50. The number of hydrogen-bond donors (Lipinski definition) is 0. The fourth-order valence-electron chi connectivity index (χ4n) is 3.76. The number of alkyl halides is 2. The highest BCUT2D eigenvalue weighted by Gasteiger charge is 2.33. The van der Waals surface area contributed by atoms with Crippen molar-refractivity contribution in [2.45, 2.75) is 43.6 Å². The number of piperazine rings is 1. The lowest BCUT2D eigenvalue weighted by atomic mass is 10.0. The minimum Gasteiger partial charge on any atom is -0.433 e. The number of carbonyl (C=O) groups excluding carboxylic acids is 1. The monoisotopic (exact) mass is 402 g/mol. The molecule has 1 aromatic rings.